The fourth-order valence-corrected chi connectivity index (χ4v) is 1.87. The van der Waals surface area contributed by atoms with Gasteiger partial charge in [-0.15, -0.1) is 0 Å². The smallest absolute Gasteiger partial charge is 0.333 e. The van der Waals surface area contributed by atoms with Gasteiger partial charge in [-0.2, -0.15) is 0 Å². The summed E-state index contributed by atoms with van der Waals surface area (Å²) < 4.78 is 15.2. The Bertz CT molecular complexity index is 611. The molecule has 1 rings (SSSR count). The van der Waals surface area contributed by atoms with E-state index in [0.29, 0.717) is 12.0 Å². The number of esters is 2. The van der Waals surface area contributed by atoms with E-state index in [1.807, 2.05) is 44.2 Å². The van der Waals surface area contributed by atoms with Crippen LogP contribution < -0.4 is 4.74 Å². The number of benzene rings is 1. The van der Waals surface area contributed by atoms with Crippen LogP contribution in [0, 0.1) is 5.92 Å². The van der Waals surface area contributed by atoms with Gasteiger partial charge in [0.05, 0.1) is 7.11 Å². The van der Waals surface area contributed by atoms with Gasteiger partial charge in [0.25, 0.3) is 0 Å². The lowest BCUT2D eigenvalue weighted by atomic mass is 10.1. The minimum atomic E-state index is -0.431. The summed E-state index contributed by atoms with van der Waals surface area (Å²) in [6.07, 6.45) is 5.54. The maximum Gasteiger partial charge on any atom is 0.333 e. The predicted molar refractivity (Wildman–Crippen MR) is 97.2 cm³/mol. The van der Waals surface area contributed by atoms with E-state index < -0.39 is 5.97 Å². The van der Waals surface area contributed by atoms with E-state index in [2.05, 4.69) is 0 Å². The Balaban J connectivity index is 2.33. The first-order valence-electron chi connectivity index (χ1n) is 8.22. The van der Waals surface area contributed by atoms with E-state index in [1.54, 1.807) is 26.2 Å². The van der Waals surface area contributed by atoms with Crippen LogP contribution in [0.2, 0.25) is 0 Å². The molecule has 5 nitrogen and oxygen atoms in total. The molecule has 136 valence electrons. The first-order valence-corrected chi connectivity index (χ1v) is 8.22. The molecule has 0 saturated heterocycles. The molecule has 0 unspecified atom stereocenters. The zero-order valence-electron chi connectivity index (χ0n) is 15.3. The van der Waals surface area contributed by atoms with Crippen molar-refractivity contribution in [2.24, 2.45) is 5.92 Å². The monoisotopic (exact) mass is 346 g/mol. The Hall–Kier alpha value is -2.56. The third-order valence-electron chi connectivity index (χ3n) is 3.27. The Kier molecular flexibility index (Phi) is 9.07. The van der Waals surface area contributed by atoms with Crippen LogP contribution in [0.1, 0.15) is 32.8 Å². The number of hydrogen-bond acceptors (Lipinski definition) is 5. The van der Waals surface area contributed by atoms with Crippen LogP contribution in [0.5, 0.6) is 5.75 Å². The lowest BCUT2D eigenvalue weighted by Crippen LogP contribution is -2.10. The molecular weight excluding hydrogens is 320 g/mol. The third-order valence-corrected chi connectivity index (χ3v) is 3.27. The highest BCUT2D eigenvalue weighted by Crippen LogP contribution is 2.12. The summed E-state index contributed by atoms with van der Waals surface area (Å²) in [6.45, 7) is 5.77. The molecule has 0 fully saturated rings. The lowest BCUT2D eigenvalue weighted by molar-refractivity contribution is -0.143. The summed E-state index contributed by atoms with van der Waals surface area (Å²) in [5, 5.41) is 0. The maximum absolute atomic E-state index is 11.8. The quantitative estimate of drug-likeness (QED) is 0.503. The van der Waals surface area contributed by atoms with Crippen LogP contribution in [0.3, 0.4) is 0 Å². The van der Waals surface area contributed by atoms with Gasteiger partial charge in [-0.3, -0.25) is 4.79 Å². The molecule has 0 radical (unpaired) electrons. The van der Waals surface area contributed by atoms with Gasteiger partial charge in [0, 0.05) is 12.0 Å². The molecule has 0 aliphatic heterocycles. The molecule has 0 saturated carbocycles. The second kappa shape index (κ2) is 11.1. The first-order chi connectivity index (χ1) is 11.9. The van der Waals surface area contributed by atoms with Crippen LogP contribution in [-0.2, 0) is 19.1 Å². The molecular formula is C20H26O5. The summed E-state index contributed by atoms with van der Waals surface area (Å²) in [7, 11) is 1.62. The summed E-state index contributed by atoms with van der Waals surface area (Å²) in [5.74, 6) is 0.340. The van der Waals surface area contributed by atoms with Crippen molar-refractivity contribution < 1.29 is 23.8 Å². The van der Waals surface area contributed by atoms with Gasteiger partial charge >= 0.3 is 11.9 Å². The number of rotatable bonds is 9. The topological polar surface area (TPSA) is 61.8 Å². The minimum absolute atomic E-state index is 0.0776. The number of methoxy groups -OCH3 is 1. The predicted octanol–water partition coefficient (Wildman–Crippen LogP) is 3.79. The molecule has 0 spiro atoms. The zero-order valence-corrected chi connectivity index (χ0v) is 15.3. The zero-order chi connectivity index (χ0) is 18.7. The summed E-state index contributed by atoms with van der Waals surface area (Å²) in [4.78, 5) is 23.2. The fourth-order valence-electron chi connectivity index (χ4n) is 1.87. The molecule has 0 N–H and O–H groups in total. The van der Waals surface area contributed by atoms with Crippen molar-refractivity contribution in [2.75, 3.05) is 20.3 Å². The SMILES string of the molecule is COc1ccc(C=CCOC(=O)C(C)=CCOC(=O)CC(C)C)cc1. The molecule has 1 aromatic carbocycles. The Morgan fingerprint density at radius 3 is 2.36 bits per heavy atom. The summed E-state index contributed by atoms with van der Waals surface area (Å²) >= 11 is 0. The Morgan fingerprint density at radius 2 is 1.76 bits per heavy atom. The number of ether oxygens (including phenoxy) is 3. The number of hydrogen-bond donors (Lipinski definition) is 0. The third kappa shape index (κ3) is 8.74. The Morgan fingerprint density at radius 1 is 1.08 bits per heavy atom. The normalized spacial score (nSPS) is 11.6. The molecule has 0 atom stereocenters. The maximum atomic E-state index is 11.8. The van der Waals surface area contributed by atoms with Gasteiger partial charge in [0.1, 0.15) is 19.0 Å². The molecule has 0 aliphatic carbocycles. The average molecular weight is 346 g/mol. The molecule has 25 heavy (non-hydrogen) atoms. The van der Waals surface area contributed by atoms with Crippen LogP contribution in [0.25, 0.3) is 6.08 Å². The molecule has 0 bridgehead atoms. The van der Waals surface area contributed by atoms with Crippen LogP contribution in [0.4, 0.5) is 0 Å². The van der Waals surface area contributed by atoms with Crippen molar-refractivity contribution in [3.05, 3.63) is 47.6 Å². The van der Waals surface area contributed by atoms with E-state index in [4.69, 9.17) is 14.2 Å². The van der Waals surface area contributed by atoms with Gasteiger partial charge in [0.15, 0.2) is 0 Å². The molecule has 0 heterocycles. The van der Waals surface area contributed by atoms with Crippen LogP contribution in [-0.4, -0.2) is 32.3 Å². The highest BCUT2D eigenvalue weighted by molar-refractivity contribution is 5.87. The summed E-state index contributed by atoms with van der Waals surface area (Å²) in [5.41, 5.74) is 1.40. The van der Waals surface area contributed by atoms with Gasteiger partial charge in [-0.25, -0.2) is 4.79 Å². The molecule has 0 aromatic heterocycles. The van der Waals surface area contributed by atoms with Gasteiger partial charge in [-0.05, 0) is 42.7 Å². The van der Waals surface area contributed by atoms with Gasteiger partial charge < -0.3 is 14.2 Å². The van der Waals surface area contributed by atoms with E-state index in [1.165, 1.54) is 0 Å². The van der Waals surface area contributed by atoms with Crippen molar-refractivity contribution >= 4 is 18.0 Å². The van der Waals surface area contributed by atoms with Crippen molar-refractivity contribution in [2.45, 2.75) is 27.2 Å². The van der Waals surface area contributed by atoms with E-state index in [0.717, 1.165) is 11.3 Å². The number of carbonyl (C=O) groups is 2. The summed E-state index contributed by atoms with van der Waals surface area (Å²) in [6, 6.07) is 7.54. The highest BCUT2D eigenvalue weighted by atomic mass is 16.5. The first kappa shape index (κ1) is 20.5. The molecule has 0 aliphatic rings. The van der Waals surface area contributed by atoms with Crippen molar-refractivity contribution in [3.8, 4) is 5.75 Å². The van der Waals surface area contributed by atoms with Crippen molar-refractivity contribution in [3.63, 3.8) is 0 Å². The standard InChI is InChI=1S/C20H26O5/c1-15(2)14-19(21)24-13-11-16(3)20(22)25-12-5-6-17-7-9-18(23-4)10-8-17/h5-11,15H,12-14H2,1-4H3. The second-order valence-electron chi connectivity index (χ2n) is 5.94. The van der Waals surface area contributed by atoms with Gasteiger partial charge in [0.2, 0.25) is 0 Å². The molecule has 0 amide bonds. The van der Waals surface area contributed by atoms with Crippen molar-refractivity contribution in [1.29, 1.82) is 0 Å². The molecule has 1 aromatic rings. The molecule has 5 heteroatoms. The van der Waals surface area contributed by atoms with Gasteiger partial charge in [-0.1, -0.05) is 32.1 Å². The van der Waals surface area contributed by atoms with Crippen LogP contribution in [0.15, 0.2) is 42.0 Å². The van der Waals surface area contributed by atoms with Crippen molar-refractivity contribution in [1.82, 2.24) is 0 Å². The van der Waals surface area contributed by atoms with Crippen LogP contribution >= 0.6 is 0 Å². The second-order valence-corrected chi connectivity index (χ2v) is 5.94. The fraction of sp³-hybridized carbons (Fsp3) is 0.400. The largest absolute Gasteiger partial charge is 0.497 e. The lowest BCUT2D eigenvalue weighted by Gasteiger charge is -2.05. The number of carbonyl (C=O) groups excluding carboxylic acids is 2. The van der Waals surface area contributed by atoms with E-state index in [9.17, 15) is 9.59 Å². The Labute approximate surface area is 149 Å². The minimum Gasteiger partial charge on any atom is -0.497 e. The van der Waals surface area contributed by atoms with E-state index in [-0.39, 0.29) is 25.1 Å². The average Bonchev–Trinajstić information content (AvgIpc) is 2.58. The van der Waals surface area contributed by atoms with E-state index >= 15 is 0 Å². The highest BCUT2D eigenvalue weighted by Gasteiger charge is 2.07.